The summed E-state index contributed by atoms with van der Waals surface area (Å²) in [7, 11) is -2.30. The van der Waals surface area contributed by atoms with Crippen LogP contribution in [0.3, 0.4) is 0 Å². The second-order valence-corrected chi connectivity index (χ2v) is 7.69. The molecular formula is C19H24N2O5S. The number of aryl methyl sites for hydroxylation is 2. The number of benzene rings is 1. The van der Waals surface area contributed by atoms with Gasteiger partial charge in [-0.25, -0.2) is 13.0 Å². The van der Waals surface area contributed by atoms with Crippen LogP contribution in [-0.4, -0.2) is 50.1 Å². The minimum absolute atomic E-state index is 0.178. The number of carbonyl (C=O) groups excluding carboxylic acids is 1. The maximum absolute atomic E-state index is 11.9. The van der Waals surface area contributed by atoms with Crippen LogP contribution in [0.25, 0.3) is 0 Å². The van der Waals surface area contributed by atoms with Crippen molar-refractivity contribution >= 4 is 16.0 Å². The van der Waals surface area contributed by atoms with Crippen LogP contribution in [0.5, 0.6) is 0 Å². The summed E-state index contributed by atoms with van der Waals surface area (Å²) in [6, 6.07) is 9.75. The van der Waals surface area contributed by atoms with Crippen molar-refractivity contribution in [2.24, 2.45) is 7.05 Å². The van der Waals surface area contributed by atoms with E-state index in [4.69, 9.17) is 4.74 Å². The van der Waals surface area contributed by atoms with Crippen LogP contribution >= 0.6 is 0 Å². The van der Waals surface area contributed by atoms with E-state index in [1.807, 2.05) is 48.0 Å². The van der Waals surface area contributed by atoms with E-state index in [2.05, 4.69) is 0 Å². The number of aromatic nitrogens is 1. The lowest BCUT2D eigenvalue weighted by Crippen LogP contribution is -2.41. The lowest BCUT2D eigenvalue weighted by Gasteiger charge is -2.26. The Kier molecular flexibility index (Phi) is 7.46. The van der Waals surface area contributed by atoms with Crippen molar-refractivity contribution in [3.63, 3.8) is 0 Å². The SMILES string of the molecule is C[n+]1ccc(CC(=O)N2CCOCC2)cc1.Cc1ccc(S(=O)(=O)[O-])cc1. The normalized spacial score (nSPS) is 14.3. The highest BCUT2D eigenvalue weighted by molar-refractivity contribution is 7.85. The van der Waals surface area contributed by atoms with Gasteiger partial charge < -0.3 is 14.2 Å². The van der Waals surface area contributed by atoms with Gasteiger partial charge in [0.25, 0.3) is 0 Å². The largest absolute Gasteiger partial charge is 0.744 e. The maximum atomic E-state index is 11.9. The second kappa shape index (κ2) is 9.59. The molecule has 0 radical (unpaired) electrons. The molecule has 8 heteroatoms. The molecule has 146 valence electrons. The molecule has 0 saturated carbocycles. The van der Waals surface area contributed by atoms with E-state index in [1.165, 1.54) is 12.1 Å². The number of amides is 1. The fourth-order valence-electron chi connectivity index (χ4n) is 2.45. The van der Waals surface area contributed by atoms with Crippen LogP contribution < -0.4 is 4.57 Å². The van der Waals surface area contributed by atoms with Gasteiger partial charge in [-0.05, 0) is 24.6 Å². The molecule has 1 fully saturated rings. The van der Waals surface area contributed by atoms with Gasteiger partial charge in [-0.15, -0.1) is 0 Å². The van der Waals surface area contributed by atoms with E-state index in [9.17, 15) is 17.8 Å². The Hall–Kier alpha value is -2.29. The Morgan fingerprint density at radius 1 is 1.11 bits per heavy atom. The molecule has 2 aromatic rings. The number of hydrogen-bond acceptors (Lipinski definition) is 5. The third-order valence-corrected chi connectivity index (χ3v) is 4.93. The van der Waals surface area contributed by atoms with Crippen molar-refractivity contribution in [1.29, 1.82) is 0 Å². The van der Waals surface area contributed by atoms with Crippen LogP contribution in [-0.2, 0) is 33.1 Å². The molecule has 0 N–H and O–H groups in total. The number of nitrogens with zero attached hydrogens (tertiary/aromatic N) is 2. The zero-order chi connectivity index (χ0) is 19.9. The van der Waals surface area contributed by atoms with E-state index in [1.54, 1.807) is 12.1 Å². The molecule has 1 saturated heterocycles. The Labute approximate surface area is 160 Å². The van der Waals surface area contributed by atoms with E-state index < -0.39 is 10.1 Å². The molecule has 1 aromatic heterocycles. The molecule has 3 rings (SSSR count). The number of morpholine rings is 1. The monoisotopic (exact) mass is 392 g/mol. The predicted octanol–water partition coefficient (Wildman–Crippen LogP) is 0.812. The van der Waals surface area contributed by atoms with Gasteiger partial charge in [0.15, 0.2) is 12.4 Å². The molecule has 1 aliphatic heterocycles. The van der Waals surface area contributed by atoms with Crippen LogP contribution in [0.2, 0.25) is 0 Å². The summed E-state index contributed by atoms with van der Waals surface area (Å²) in [6.45, 7) is 4.59. The summed E-state index contributed by atoms with van der Waals surface area (Å²) >= 11 is 0. The summed E-state index contributed by atoms with van der Waals surface area (Å²) in [5.41, 5.74) is 1.99. The third-order valence-electron chi connectivity index (χ3n) is 4.08. The van der Waals surface area contributed by atoms with E-state index >= 15 is 0 Å². The van der Waals surface area contributed by atoms with Crippen molar-refractivity contribution in [2.45, 2.75) is 18.2 Å². The molecule has 0 bridgehead atoms. The second-order valence-electron chi connectivity index (χ2n) is 6.31. The smallest absolute Gasteiger partial charge is 0.227 e. The highest BCUT2D eigenvalue weighted by Gasteiger charge is 2.17. The lowest BCUT2D eigenvalue weighted by molar-refractivity contribution is -0.671. The minimum Gasteiger partial charge on any atom is -0.744 e. The zero-order valence-corrected chi connectivity index (χ0v) is 16.3. The van der Waals surface area contributed by atoms with Gasteiger partial charge in [-0.1, -0.05) is 17.7 Å². The first-order chi connectivity index (χ1) is 12.8. The highest BCUT2D eigenvalue weighted by Crippen LogP contribution is 2.08. The molecule has 27 heavy (non-hydrogen) atoms. The molecule has 0 atom stereocenters. The van der Waals surface area contributed by atoms with Crippen LogP contribution in [0.1, 0.15) is 11.1 Å². The Bertz CT molecular complexity index is 843. The average molecular weight is 392 g/mol. The summed E-state index contributed by atoms with van der Waals surface area (Å²) < 4.78 is 38.3. The molecule has 1 aromatic carbocycles. The summed E-state index contributed by atoms with van der Waals surface area (Å²) in [5.74, 6) is 0.192. The van der Waals surface area contributed by atoms with Crippen LogP contribution in [0, 0.1) is 6.92 Å². The fraction of sp³-hybridized carbons (Fsp3) is 0.368. The van der Waals surface area contributed by atoms with E-state index in [0.717, 1.165) is 24.2 Å². The molecule has 1 amide bonds. The van der Waals surface area contributed by atoms with Crippen molar-refractivity contribution in [1.82, 2.24) is 4.90 Å². The number of ether oxygens (including phenoxy) is 1. The molecule has 0 spiro atoms. The standard InChI is InChI=1S/C12H17N2O2.C7H8O3S/c1-13-4-2-11(3-5-13)10-12(15)14-6-8-16-9-7-14;1-6-2-4-7(5-3-6)11(8,9)10/h2-5H,6-10H2,1H3;2-5H,1H3,(H,8,9,10)/q+1;/p-1. The highest BCUT2D eigenvalue weighted by atomic mass is 32.2. The third kappa shape index (κ3) is 7.09. The molecule has 0 aliphatic carbocycles. The number of hydrogen-bond donors (Lipinski definition) is 0. The molecular weight excluding hydrogens is 368 g/mol. The maximum Gasteiger partial charge on any atom is 0.227 e. The van der Waals surface area contributed by atoms with Crippen LogP contribution in [0.15, 0.2) is 53.7 Å². The molecule has 7 nitrogen and oxygen atoms in total. The minimum atomic E-state index is -4.27. The first-order valence-electron chi connectivity index (χ1n) is 8.58. The predicted molar refractivity (Wildman–Crippen MR) is 97.9 cm³/mol. The van der Waals surface area contributed by atoms with Gasteiger partial charge in [-0.3, -0.25) is 4.79 Å². The molecule has 0 unspecified atom stereocenters. The van der Waals surface area contributed by atoms with Gasteiger partial charge >= 0.3 is 0 Å². The number of carbonyl (C=O) groups is 1. The van der Waals surface area contributed by atoms with Crippen molar-refractivity contribution < 1.29 is 27.1 Å². The first kappa shape index (κ1) is 21.0. The first-order valence-corrected chi connectivity index (χ1v) is 9.99. The summed E-state index contributed by atoms with van der Waals surface area (Å²) in [6.07, 6.45) is 4.41. The number of pyridine rings is 1. The van der Waals surface area contributed by atoms with Crippen molar-refractivity contribution in [3.05, 3.63) is 59.9 Å². The van der Waals surface area contributed by atoms with Gasteiger partial charge in [-0.2, -0.15) is 0 Å². The average Bonchev–Trinajstić information content (AvgIpc) is 2.64. The Morgan fingerprint density at radius 3 is 2.19 bits per heavy atom. The molecule has 2 heterocycles. The quantitative estimate of drug-likeness (QED) is 0.570. The van der Waals surface area contributed by atoms with Gasteiger partial charge in [0.1, 0.15) is 17.2 Å². The van der Waals surface area contributed by atoms with Gasteiger partial charge in [0, 0.05) is 25.2 Å². The van der Waals surface area contributed by atoms with Crippen molar-refractivity contribution in [3.8, 4) is 0 Å². The van der Waals surface area contributed by atoms with E-state index in [-0.39, 0.29) is 10.8 Å². The molecule has 1 aliphatic rings. The van der Waals surface area contributed by atoms with Gasteiger partial charge in [0.05, 0.1) is 24.5 Å². The topological polar surface area (TPSA) is 90.6 Å². The Morgan fingerprint density at radius 2 is 1.67 bits per heavy atom. The fourth-order valence-corrected chi connectivity index (χ4v) is 2.92. The Balaban J connectivity index is 0.000000208. The summed E-state index contributed by atoms with van der Waals surface area (Å²) in [5, 5.41) is 0. The summed E-state index contributed by atoms with van der Waals surface area (Å²) in [4.78, 5) is 13.6. The van der Waals surface area contributed by atoms with E-state index in [0.29, 0.717) is 19.6 Å². The lowest BCUT2D eigenvalue weighted by atomic mass is 10.2. The zero-order valence-electron chi connectivity index (χ0n) is 15.5. The van der Waals surface area contributed by atoms with Crippen molar-refractivity contribution in [2.75, 3.05) is 26.3 Å². The van der Waals surface area contributed by atoms with Crippen LogP contribution in [0.4, 0.5) is 0 Å². The number of rotatable bonds is 3. The van der Waals surface area contributed by atoms with Gasteiger partial charge in [0.2, 0.25) is 5.91 Å².